The van der Waals surface area contributed by atoms with Gasteiger partial charge in [-0.2, -0.15) is 0 Å². The first kappa shape index (κ1) is 15.6. The lowest BCUT2D eigenvalue weighted by atomic mass is 10.4. The molecule has 0 saturated heterocycles. The molecule has 0 fully saturated rings. The Bertz CT molecular complexity index is 583. The topological polar surface area (TPSA) is 58.2 Å². The molecule has 106 valence electrons. The number of rotatable bonds is 5. The highest BCUT2D eigenvalue weighted by Gasteiger charge is 2.09. The van der Waals surface area contributed by atoms with Crippen molar-refractivity contribution < 1.29 is 9.59 Å². The third kappa shape index (κ3) is 4.93. The van der Waals surface area contributed by atoms with E-state index in [0.717, 1.165) is 9.54 Å². The molecule has 0 radical (unpaired) electrons. The van der Waals surface area contributed by atoms with Crippen LogP contribution >= 0.6 is 50.4 Å². The molecule has 0 unspecified atom stereocenters. The highest BCUT2D eigenvalue weighted by atomic mass is 79.9. The van der Waals surface area contributed by atoms with Crippen molar-refractivity contribution in [1.82, 2.24) is 10.9 Å². The molecule has 0 saturated carbocycles. The van der Waals surface area contributed by atoms with Crippen molar-refractivity contribution in [3.8, 4) is 0 Å². The molecule has 20 heavy (non-hydrogen) atoms. The number of thioether (sulfide) groups is 1. The summed E-state index contributed by atoms with van der Waals surface area (Å²) in [5.41, 5.74) is 4.80. The number of halogens is 1. The van der Waals surface area contributed by atoms with Crippen LogP contribution in [0.1, 0.15) is 14.5 Å². The highest BCUT2D eigenvalue weighted by molar-refractivity contribution is 9.11. The third-order valence-corrected chi connectivity index (χ3v) is 5.83. The van der Waals surface area contributed by atoms with Crippen LogP contribution in [-0.4, -0.2) is 17.6 Å². The van der Waals surface area contributed by atoms with E-state index in [2.05, 4.69) is 26.8 Å². The average Bonchev–Trinajstić information content (AvgIpc) is 3.07. The molecule has 0 aromatic carbocycles. The first-order valence-electron chi connectivity index (χ1n) is 5.60. The molecule has 0 spiro atoms. The smallest absolute Gasteiger partial charge is 0.272 e. The molecular formula is C12H11BrN2O2S3. The number of amides is 2. The van der Waals surface area contributed by atoms with Crippen LogP contribution in [-0.2, 0) is 10.5 Å². The predicted molar refractivity (Wildman–Crippen MR) is 88.1 cm³/mol. The first-order valence-corrected chi connectivity index (χ1v) is 9.24. The minimum Gasteiger partial charge on any atom is -0.272 e. The van der Waals surface area contributed by atoms with Crippen molar-refractivity contribution in [2.75, 3.05) is 5.75 Å². The van der Waals surface area contributed by atoms with E-state index in [-0.39, 0.29) is 11.8 Å². The summed E-state index contributed by atoms with van der Waals surface area (Å²) in [6.07, 6.45) is 0. The Morgan fingerprint density at radius 1 is 1.25 bits per heavy atom. The molecule has 0 aliphatic heterocycles. The maximum absolute atomic E-state index is 11.7. The second-order valence-corrected chi connectivity index (χ2v) is 8.16. The number of carbonyl (C=O) groups is 2. The van der Waals surface area contributed by atoms with Gasteiger partial charge >= 0.3 is 0 Å². The van der Waals surface area contributed by atoms with Gasteiger partial charge in [-0.05, 0) is 39.5 Å². The van der Waals surface area contributed by atoms with Gasteiger partial charge in [-0.1, -0.05) is 6.07 Å². The van der Waals surface area contributed by atoms with Crippen molar-refractivity contribution >= 4 is 62.2 Å². The zero-order valence-corrected chi connectivity index (χ0v) is 14.3. The Morgan fingerprint density at radius 2 is 2.10 bits per heavy atom. The second-order valence-electron chi connectivity index (χ2n) is 3.68. The van der Waals surface area contributed by atoms with Gasteiger partial charge in [0.2, 0.25) is 5.91 Å². The molecule has 2 aromatic heterocycles. The first-order chi connectivity index (χ1) is 9.65. The minimum atomic E-state index is -0.308. The molecule has 2 N–H and O–H groups in total. The van der Waals surface area contributed by atoms with E-state index in [0.29, 0.717) is 10.6 Å². The summed E-state index contributed by atoms with van der Waals surface area (Å²) >= 11 is 7.78. The molecule has 2 amide bonds. The predicted octanol–water partition coefficient (Wildman–Crippen LogP) is 3.27. The summed E-state index contributed by atoms with van der Waals surface area (Å²) in [7, 11) is 0. The Kier molecular flexibility index (Phi) is 6.08. The summed E-state index contributed by atoms with van der Waals surface area (Å²) < 4.78 is 0.875. The van der Waals surface area contributed by atoms with Crippen LogP contribution < -0.4 is 10.9 Å². The van der Waals surface area contributed by atoms with Crippen LogP contribution in [0.4, 0.5) is 0 Å². The Hall–Kier alpha value is -0.830. The number of hydrogen-bond acceptors (Lipinski definition) is 5. The Balaban J connectivity index is 1.66. The fourth-order valence-corrected chi connectivity index (χ4v) is 4.25. The van der Waals surface area contributed by atoms with Gasteiger partial charge in [0.15, 0.2) is 0 Å². The number of hydrogen-bond donors (Lipinski definition) is 2. The van der Waals surface area contributed by atoms with E-state index in [4.69, 9.17) is 0 Å². The van der Waals surface area contributed by atoms with Gasteiger partial charge in [0, 0.05) is 10.6 Å². The molecule has 0 aliphatic rings. The molecule has 0 aliphatic carbocycles. The van der Waals surface area contributed by atoms with E-state index in [9.17, 15) is 9.59 Å². The van der Waals surface area contributed by atoms with Gasteiger partial charge < -0.3 is 0 Å². The molecular weight excluding hydrogens is 380 g/mol. The summed E-state index contributed by atoms with van der Waals surface area (Å²) in [4.78, 5) is 25.0. The number of nitrogens with one attached hydrogen (secondary N) is 2. The lowest BCUT2D eigenvalue weighted by Crippen LogP contribution is -2.42. The van der Waals surface area contributed by atoms with Crippen LogP contribution in [0.2, 0.25) is 0 Å². The summed E-state index contributed by atoms with van der Waals surface area (Å²) in [6.45, 7) is 0. The maximum Gasteiger partial charge on any atom is 0.279 e. The molecule has 8 heteroatoms. The zero-order valence-electron chi connectivity index (χ0n) is 10.2. The Labute approximate surface area is 137 Å². The molecule has 0 atom stereocenters. The monoisotopic (exact) mass is 390 g/mol. The largest absolute Gasteiger partial charge is 0.279 e. The number of hydrazine groups is 1. The van der Waals surface area contributed by atoms with Gasteiger partial charge in [-0.25, -0.2) is 0 Å². The van der Waals surface area contributed by atoms with E-state index < -0.39 is 0 Å². The van der Waals surface area contributed by atoms with Crippen molar-refractivity contribution in [2.45, 2.75) is 5.75 Å². The second kappa shape index (κ2) is 7.82. The average molecular weight is 391 g/mol. The van der Waals surface area contributed by atoms with E-state index in [1.807, 2.05) is 17.5 Å². The molecule has 2 rings (SSSR count). The fourth-order valence-electron chi connectivity index (χ4n) is 1.30. The molecule has 4 nitrogen and oxygen atoms in total. The van der Waals surface area contributed by atoms with E-state index >= 15 is 0 Å². The van der Waals surface area contributed by atoms with Crippen molar-refractivity contribution in [1.29, 1.82) is 0 Å². The maximum atomic E-state index is 11.7. The summed E-state index contributed by atoms with van der Waals surface area (Å²) in [6, 6.07) is 7.51. The quantitative estimate of drug-likeness (QED) is 0.770. The number of carbonyl (C=O) groups excluding carboxylic acids is 2. The van der Waals surface area contributed by atoms with Gasteiger partial charge in [-0.15, -0.1) is 34.4 Å². The molecule has 2 aromatic rings. The van der Waals surface area contributed by atoms with Crippen LogP contribution in [0, 0.1) is 0 Å². The lowest BCUT2D eigenvalue weighted by Gasteiger charge is -2.05. The van der Waals surface area contributed by atoms with Crippen LogP contribution in [0.15, 0.2) is 33.4 Å². The third-order valence-electron chi connectivity index (χ3n) is 2.17. The van der Waals surface area contributed by atoms with Crippen LogP contribution in [0.3, 0.4) is 0 Å². The van der Waals surface area contributed by atoms with E-state index in [1.54, 1.807) is 23.5 Å². The van der Waals surface area contributed by atoms with E-state index in [1.165, 1.54) is 28.0 Å². The van der Waals surface area contributed by atoms with Crippen molar-refractivity contribution in [3.05, 3.63) is 43.2 Å². The SMILES string of the molecule is O=C(CSCc1cccs1)NNC(=O)c1ccc(Br)s1. The zero-order chi connectivity index (χ0) is 14.4. The normalized spacial score (nSPS) is 10.2. The lowest BCUT2D eigenvalue weighted by molar-refractivity contribution is -0.119. The van der Waals surface area contributed by atoms with Crippen LogP contribution in [0.25, 0.3) is 0 Å². The van der Waals surface area contributed by atoms with Crippen molar-refractivity contribution in [2.24, 2.45) is 0 Å². The standard InChI is InChI=1S/C12H11BrN2O2S3/c13-10-4-3-9(20-10)12(17)15-14-11(16)7-18-6-8-2-1-5-19-8/h1-5H,6-7H2,(H,14,16)(H,15,17). The van der Waals surface area contributed by atoms with Crippen molar-refractivity contribution in [3.63, 3.8) is 0 Å². The van der Waals surface area contributed by atoms with Crippen LogP contribution in [0.5, 0.6) is 0 Å². The number of thiophene rings is 2. The summed E-state index contributed by atoms with van der Waals surface area (Å²) in [5, 5.41) is 2.01. The minimum absolute atomic E-state index is 0.212. The summed E-state index contributed by atoms with van der Waals surface area (Å²) in [5.74, 6) is 0.594. The van der Waals surface area contributed by atoms with Gasteiger partial charge in [0.1, 0.15) is 0 Å². The molecule has 0 bridgehead atoms. The fraction of sp³-hybridized carbons (Fsp3) is 0.167. The Morgan fingerprint density at radius 3 is 2.75 bits per heavy atom. The van der Waals surface area contributed by atoms with Gasteiger partial charge in [-0.3, -0.25) is 20.4 Å². The van der Waals surface area contributed by atoms with Gasteiger partial charge in [0.05, 0.1) is 14.4 Å². The molecule has 2 heterocycles. The highest BCUT2D eigenvalue weighted by Crippen LogP contribution is 2.21. The van der Waals surface area contributed by atoms with Gasteiger partial charge in [0.25, 0.3) is 5.91 Å².